The highest BCUT2D eigenvalue weighted by Gasteiger charge is 2.18. The standard InChI is InChI=1S/C14H26NO3/c1-2-3-4-5-6-9-12-17-14(16)18-13-10-7-8-11-15-13/h13H,2-12H2,1H3. The Morgan fingerprint density at radius 2 is 1.94 bits per heavy atom. The lowest BCUT2D eigenvalue weighted by molar-refractivity contribution is -0.0000384. The number of carbonyl (C=O) groups excluding carboxylic acids is 1. The van der Waals surface area contributed by atoms with Gasteiger partial charge in [-0.2, -0.15) is 0 Å². The number of hydrogen-bond acceptors (Lipinski definition) is 3. The lowest BCUT2D eigenvalue weighted by atomic mass is 10.1. The SMILES string of the molecule is CCCCCCCCOC(=O)OC1CCCC[N]1. The van der Waals surface area contributed by atoms with E-state index in [-0.39, 0.29) is 6.23 Å². The first-order valence-corrected chi connectivity index (χ1v) is 7.33. The van der Waals surface area contributed by atoms with Gasteiger partial charge in [-0.15, -0.1) is 0 Å². The van der Waals surface area contributed by atoms with Crippen molar-refractivity contribution in [3.63, 3.8) is 0 Å². The van der Waals surface area contributed by atoms with Gasteiger partial charge >= 0.3 is 6.16 Å². The molecular formula is C14H26NO3. The van der Waals surface area contributed by atoms with Gasteiger partial charge in [-0.05, 0) is 25.7 Å². The Hall–Kier alpha value is -0.770. The molecule has 0 bridgehead atoms. The Kier molecular flexibility index (Phi) is 8.65. The van der Waals surface area contributed by atoms with Gasteiger partial charge in [0, 0.05) is 6.54 Å². The van der Waals surface area contributed by atoms with Crippen LogP contribution in [0.2, 0.25) is 0 Å². The normalized spacial score (nSPS) is 19.5. The fourth-order valence-corrected chi connectivity index (χ4v) is 2.04. The van der Waals surface area contributed by atoms with Crippen molar-refractivity contribution in [3.8, 4) is 0 Å². The number of piperidine rings is 1. The maximum atomic E-state index is 11.3. The molecule has 1 saturated heterocycles. The first-order chi connectivity index (χ1) is 8.83. The van der Waals surface area contributed by atoms with Crippen LogP contribution < -0.4 is 5.32 Å². The maximum absolute atomic E-state index is 11.3. The smallest absolute Gasteiger partial charge is 0.434 e. The zero-order valence-corrected chi connectivity index (χ0v) is 11.5. The predicted molar refractivity (Wildman–Crippen MR) is 70.4 cm³/mol. The monoisotopic (exact) mass is 256 g/mol. The summed E-state index contributed by atoms with van der Waals surface area (Å²) in [5.74, 6) is 0. The van der Waals surface area contributed by atoms with Crippen molar-refractivity contribution in [2.75, 3.05) is 13.2 Å². The average Bonchev–Trinajstić information content (AvgIpc) is 2.39. The van der Waals surface area contributed by atoms with Gasteiger partial charge in [0.2, 0.25) is 0 Å². The molecule has 4 heteroatoms. The molecule has 18 heavy (non-hydrogen) atoms. The van der Waals surface area contributed by atoms with E-state index in [0.29, 0.717) is 6.61 Å². The molecule has 1 aliphatic heterocycles. The molecule has 1 aliphatic rings. The van der Waals surface area contributed by atoms with E-state index >= 15 is 0 Å². The van der Waals surface area contributed by atoms with Gasteiger partial charge in [0.05, 0.1) is 6.61 Å². The van der Waals surface area contributed by atoms with Crippen LogP contribution in [0.3, 0.4) is 0 Å². The molecule has 1 heterocycles. The van der Waals surface area contributed by atoms with Crippen molar-refractivity contribution in [3.05, 3.63) is 0 Å². The molecule has 1 atom stereocenters. The summed E-state index contributed by atoms with van der Waals surface area (Å²) in [6, 6.07) is 0. The molecule has 0 N–H and O–H groups in total. The molecule has 0 amide bonds. The number of rotatable bonds is 8. The van der Waals surface area contributed by atoms with Crippen LogP contribution in [0, 0.1) is 0 Å². The molecule has 1 rings (SSSR count). The molecule has 0 spiro atoms. The van der Waals surface area contributed by atoms with Crippen LogP contribution >= 0.6 is 0 Å². The van der Waals surface area contributed by atoms with E-state index in [1.807, 2.05) is 0 Å². The minimum absolute atomic E-state index is 0.268. The number of hydrogen-bond donors (Lipinski definition) is 0. The third kappa shape index (κ3) is 7.54. The Labute approximate surface area is 110 Å². The fourth-order valence-electron chi connectivity index (χ4n) is 2.04. The Bertz CT molecular complexity index is 215. The fraction of sp³-hybridized carbons (Fsp3) is 0.929. The predicted octanol–water partition coefficient (Wildman–Crippen LogP) is 3.61. The second kappa shape index (κ2) is 10.2. The van der Waals surface area contributed by atoms with Crippen molar-refractivity contribution in [1.82, 2.24) is 5.32 Å². The lowest BCUT2D eigenvalue weighted by Crippen LogP contribution is -2.32. The summed E-state index contributed by atoms with van der Waals surface area (Å²) in [6.07, 6.45) is 9.32. The van der Waals surface area contributed by atoms with Crippen molar-refractivity contribution in [1.29, 1.82) is 0 Å². The van der Waals surface area contributed by atoms with Gasteiger partial charge in [-0.3, -0.25) is 0 Å². The highest BCUT2D eigenvalue weighted by atomic mass is 16.7. The van der Waals surface area contributed by atoms with E-state index in [1.165, 1.54) is 25.7 Å². The van der Waals surface area contributed by atoms with Crippen LogP contribution in [-0.4, -0.2) is 25.5 Å². The number of carbonyl (C=O) groups is 1. The molecule has 0 aromatic carbocycles. The van der Waals surface area contributed by atoms with Crippen LogP contribution in [0.1, 0.15) is 64.7 Å². The minimum Gasteiger partial charge on any atom is -0.434 e. The van der Waals surface area contributed by atoms with Gasteiger partial charge in [0.15, 0.2) is 6.23 Å². The summed E-state index contributed by atoms with van der Waals surface area (Å²) in [5, 5.41) is 4.22. The average molecular weight is 256 g/mol. The van der Waals surface area contributed by atoms with Crippen LogP contribution in [0.25, 0.3) is 0 Å². The minimum atomic E-state index is -0.556. The van der Waals surface area contributed by atoms with Crippen LogP contribution in [0.5, 0.6) is 0 Å². The lowest BCUT2D eigenvalue weighted by Gasteiger charge is -2.21. The van der Waals surface area contributed by atoms with Crippen LogP contribution in [0.4, 0.5) is 4.79 Å². The second-order valence-corrected chi connectivity index (χ2v) is 4.84. The van der Waals surface area contributed by atoms with Crippen LogP contribution in [0.15, 0.2) is 0 Å². The molecule has 0 aromatic heterocycles. The van der Waals surface area contributed by atoms with Crippen molar-refractivity contribution >= 4 is 6.16 Å². The van der Waals surface area contributed by atoms with E-state index in [2.05, 4.69) is 12.2 Å². The number of nitrogens with zero attached hydrogens (tertiary/aromatic N) is 1. The van der Waals surface area contributed by atoms with E-state index in [9.17, 15) is 4.79 Å². The zero-order valence-electron chi connectivity index (χ0n) is 11.5. The van der Waals surface area contributed by atoms with E-state index in [0.717, 1.165) is 38.6 Å². The van der Waals surface area contributed by atoms with Crippen molar-refractivity contribution in [2.45, 2.75) is 70.9 Å². The third-order valence-corrected chi connectivity index (χ3v) is 3.14. The molecule has 0 saturated carbocycles. The summed E-state index contributed by atoms with van der Waals surface area (Å²) in [6.45, 7) is 3.47. The Balaban J connectivity index is 1.90. The molecule has 0 aromatic rings. The Morgan fingerprint density at radius 1 is 1.17 bits per heavy atom. The maximum Gasteiger partial charge on any atom is 0.509 e. The molecule has 1 radical (unpaired) electrons. The van der Waals surface area contributed by atoms with E-state index < -0.39 is 6.16 Å². The highest BCUT2D eigenvalue weighted by molar-refractivity contribution is 5.60. The zero-order chi connectivity index (χ0) is 13.1. The number of unbranched alkanes of at least 4 members (excludes halogenated alkanes) is 5. The van der Waals surface area contributed by atoms with Gasteiger partial charge in [-0.25, -0.2) is 10.1 Å². The van der Waals surface area contributed by atoms with Crippen molar-refractivity contribution in [2.24, 2.45) is 0 Å². The highest BCUT2D eigenvalue weighted by Crippen LogP contribution is 2.10. The second-order valence-electron chi connectivity index (χ2n) is 4.84. The molecule has 1 fully saturated rings. The topological polar surface area (TPSA) is 49.6 Å². The molecule has 105 valence electrons. The first-order valence-electron chi connectivity index (χ1n) is 7.33. The first kappa shape index (κ1) is 15.3. The third-order valence-electron chi connectivity index (χ3n) is 3.14. The summed E-state index contributed by atoms with van der Waals surface area (Å²) < 4.78 is 10.1. The van der Waals surface area contributed by atoms with Crippen molar-refractivity contribution < 1.29 is 14.3 Å². The molecule has 0 aliphatic carbocycles. The largest absolute Gasteiger partial charge is 0.509 e. The molecular weight excluding hydrogens is 230 g/mol. The quantitative estimate of drug-likeness (QED) is 0.492. The van der Waals surface area contributed by atoms with E-state index in [4.69, 9.17) is 9.47 Å². The van der Waals surface area contributed by atoms with Gasteiger partial charge < -0.3 is 9.47 Å². The summed E-state index contributed by atoms with van der Waals surface area (Å²) in [5.41, 5.74) is 0. The van der Waals surface area contributed by atoms with E-state index in [1.54, 1.807) is 0 Å². The number of ether oxygens (including phenoxy) is 2. The van der Waals surface area contributed by atoms with Gasteiger partial charge in [0.1, 0.15) is 0 Å². The van der Waals surface area contributed by atoms with Gasteiger partial charge in [0.25, 0.3) is 0 Å². The summed E-state index contributed by atoms with van der Waals surface area (Å²) >= 11 is 0. The molecule has 1 unspecified atom stereocenters. The summed E-state index contributed by atoms with van der Waals surface area (Å²) in [4.78, 5) is 11.3. The van der Waals surface area contributed by atoms with Crippen LogP contribution in [-0.2, 0) is 9.47 Å². The molecule has 4 nitrogen and oxygen atoms in total. The van der Waals surface area contributed by atoms with Gasteiger partial charge in [-0.1, -0.05) is 39.0 Å². The Morgan fingerprint density at radius 3 is 2.67 bits per heavy atom. The summed E-state index contributed by atoms with van der Waals surface area (Å²) in [7, 11) is 0.